The quantitative estimate of drug-likeness (QED) is 0.469. The zero-order valence-electron chi connectivity index (χ0n) is 8.25. The van der Waals surface area contributed by atoms with Gasteiger partial charge in [0.15, 0.2) is 0 Å². The number of rotatable bonds is 2. The Kier molecular flexibility index (Phi) is 2.64. The average molecular weight is 238 g/mol. The van der Waals surface area contributed by atoms with Crippen LogP contribution in [0.15, 0.2) is 41.3 Å². The summed E-state index contributed by atoms with van der Waals surface area (Å²) < 4.78 is 26.6. The van der Waals surface area contributed by atoms with Gasteiger partial charge in [-0.25, -0.2) is 0 Å². The van der Waals surface area contributed by atoms with Gasteiger partial charge in [0.2, 0.25) is 4.90 Å². The minimum atomic E-state index is -3.87. The SMILES string of the molecule is NO[S+]([O])(=O)c1ccc2c(N)cccc2c1. The number of nitrogen functional groups attached to an aromatic ring is 1. The van der Waals surface area contributed by atoms with E-state index in [0.29, 0.717) is 5.69 Å². The molecule has 0 bridgehead atoms. The second-order valence-corrected chi connectivity index (χ2v) is 4.85. The monoisotopic (exact) mass is 238 g/mol. The molecule has 1 radical (unpaired) electrons. The van der Waals surface area contributed by atoms with Crippen LogP contribution in [0.1, 0.15) is 0 Å². The van der Waals surface area contributed by atoms with Crippen LogP contribution in [0.3, 0.4) is 0 Å². The van der Waals surface area contributed by atoms with E-state index in [9.17, 15) is 8.76 Å². The molecule has 2 rings (SSSR count). The van der Waals surface area contributed by atoms with Crippen LogP contribution in [0.4, 0.5) is 5.69 Å². The van der Waals surface area contributed by atoms with E-state index in [4.69, 9.17) is 11.6 Å². The first-order valence-electron chi connectivity index (χ1n) is 4.46. The molecule has 1 atom stereocenters. The maximum atomic E-state index is 11.4. The van der Waals surface area contributed by atoms with Crippen LogP contribution >= 0.6 is 0 Å². The molecule has 0 heterocycles. The normalized spacial score (nSPS) is 14.9. The van der Waals surface area contributed by atoms with Gasteiger partial charge in [-0.1, -0.05) is 12.1 Å². The second-order valence-electron chi connectivity index (χ2n) is 3.28. The highest BCUT2D eigenvalue weighted by molar-refractivity contribution is 7.93. The molecule has 83 valence electrons. The molecule has 4 N–H and O–H groups in total. The van der Waals surface area contributed by atoms with E-state index in [2.05, 4.69) is 4.28 Å². The molecular formula is C10H10N2O3S+. The first-order chi connectivity index (χ1) is 7.54. The standard InChI is InChI=1S/C10H10N2O3S/c11-10-3-1-2-7-6-8(4-5-9(7)10)16(13,14)15-12/h1-6H,11-12H2/q+1. The Balaban J connectivity index is 2.66. The van der Waals surface area contributed by atoms with Gasteiger partial charge < -0.3 is 5.73 Å². The van der Waals surface area contributed by atoms with Crippen molar-refractivity contribution in [3.8, 4) is 0 Å². The van der Waals surface area contributed by atoms with Gasteiger partial charge in [-0.15, -0.1) is 0 Å². The lowest BCUT2D eigenvalue weighted by molar-refractivity contribution is 0.261. The molecule has 0 aliphatic rings. The van der Waals surface area contributed by atoms with E-state index in [0.717, 1.165) is 10.8 Å². The van der Waals surface area contributed by atoms with Crippen molar-refractivity contribution in [2.24, 2.45) is 5.90 Å². The third kappa shape index (κ3) is 1.79. The summed E-state index contributed by atoms with van der Waals surface area (Å²) in [5.74, 6) is 4.70. The average Bonchev–Trinajstić information content (AvgIpc) is 2.29. The summed E-state index contributed by atoms with van der Waals surface area (Å²) >= 11 is 0. The summed E-state index contributed by atoms with van der Waals surface area (Å²) in [4.78, 5) is 0.00750. The van der Waals surface area contributed by atoms with Gasteiger partial charge >= 0.3 is 10.5 Å². The molecule has 0 amide bonds. The van der Waals surface area contributed by atoms with Crippen LogP contribution in [0.2, 0.25) is 0 Å². The van der Waals surface area contributed by atoms with E-state index >= 15 is 0 Å². The molecule has 0 aliphatic carbocycles. The van der Waals surface area contributed by atoms with Gasteiger partial charge in [-0.05, 0) is 26.0 Å². The number of fused-ring (bicyclic) bond motifs is 1. The summed E-state index contributed by atoms with van der Waals surface area (Å²) in [5, 5.41) is 1.51. The van der Waals surface area contributed by atoms with Crippen LogP contribution in [0, 0.1) is 0 Å². The molecule has 0 saturated carbocycles. The lowest BCUT2D eigenvalue weighted by Crippen LogP contribution is -2.16. The zero-order chi connectivity index (χ0) is 11.8. The van der Waals surface area contributed by atoms with Gasteiger partial charge in [0, 0.05) is 23.2 Å². The number of benzene rings is 2. The van der Waals surface area contributed by atoms with Crippen molar-refractivity contribution < 1.29 is 13.0 Å². The van der Waals surface area contributed by atoms with Crippen molar-refractivity contribution in [3.63, 3.8) is 0 Å². The van der Waals surface area contributed by atoms with Crippen LogP contribution in [0.25, 0.3) is 10.8 Å². The van der Waals surface area contributed by atoms with Crippen LogP contribution in [-0.4, -0.2) is 0 Å². The zero-order valence-corrected chi connectivity index (χ0v) is 9.07. The Morgan fingerprint density at radius 3 is 2.62 bits per heavy atom. The van der Waals surface area contributed by atoms with Crippen molar-refractivity contribution in [1.29, 1.82) is 0 Å². The third-order valence-corrected chi connectivity index (χ3v) is 3.39. The van der Waals surface area contributed by atoms with Gasteiger partial charge in [0.1, 0.15) is 0 Å². The summed E-state index contributed by atoms with van der Waals surface area (Å²) in [7, 11) is -3.87. The molecule has 0 aliphatic heterocycles. The highest BCUT2D eigenvalue weighted by Crippen LogP contribution is 2.26. The number of hydrogen-bond donors (Lipinski definition) is 2. The largest absolute Gasteiger partial charge is 0.447 e. The maximum Gasteiger partial charge on any atom is 0.447 e. The van der Waals surface area contributed by atoms with Crippen LogP contribution in [-0.2, 0) is 23.5 Å². The lowest BCUT2D eigenvalue weighted by atomic mass is 10.1. The van der Waals surface area contributed by atoms with Gasteiger partial charge in [-0.2, -0.15) is 5.90 Å². The molecule has 5 nitrogen and oxygen atoms in total. The van der Waals surface area contributed by atoms with E-state index in [1.165, 1.54) is 12.1 Å². The smallest absolute Gasteiger partial charge is 0.398 e. The molecular weight excluding hydrogens is 228 g/mol. The van der Waals surface area contributed by atoms with Crippen molar-refractivity contribution in [2.75, 3.05) is 5.73 Å². The van der Waals surface area contributed by atoms with E-state index in [-0.39, 0.29) is 4.90 Å². The molecule has 0 spiro atoms. The molecule has 0 saturated heterocycles. The fraction of sp³-hybridized carbons (Fsp3) is 0. The molecule has 16 heavy (non-hydrogen) atoms. The minimum absolute atomic E-state index is 0.00750. The summed E-state index contributed by atoms with van der Waals surface area (Å²) in [5.41, 5.74) is 6.34. The Morgan fingerprint density at radius 2 is 1.94 bits per heavy atom. The third-order valence-electron chi connectivity index (χ3n) is 2.30. The molecule has 6 heteroatoms. The van der Waals surface area contributed by atoms with Crippen molar-refractivity contribution in [3.05, 3.63) is 36.4 Å². The molecule has 2 aromatic rings. The second kappa shape index (κ2) is 3.84. The number of anilines is 1. The highest BCUT2D eigenvalue weighted by Gasteiger charge is 2.34. The fourth-order valence-electron chi connectivity index (χ4n) is 1.50. The summed E-state index contributed by atoms with van der Waals surface area (Å²) in [6.07, 6.45) is 0. The topological polar surface area (TPSA) is 98.2 Å². The number of hydrogen-bond acceptors (Lipinski definition) is 4. The Morgan fingerprint density at radius 1 is 1.19 bits per heavy atom. The molecule has 2 aromatic carbocycles. The Hall–Kier alpha value is -1.47. The van der Waals surface area contributed by atoms with E-state index in [1.807, 2.05) is 0 Å². The first kappa shape index (κ1) is 11.0. The number of nitrogens with two attached hydrogens (primary N) is 2. The molecule has 1 unspecified atom stereocenters. The van der Waals surface area contributed by atoms with Crippen molar-refractivity contribution in [2.45, 2.75) is 4.90 Å². The van der Waals surface area contributed by atoms with Gasteiger partial charge in [0.05, 0.1) is 4.55 Å². The van der Waals surface area contributed by atoms with Gasteiger partial charge in [0.25, 0.3) is 0 Å². The Bertz CT molecular complexity index is 585. The molecule has 0 fully saturated rings. The van der Waals surface area contributed by atoms with E-state index < -0.39 is 10.5 Å². The Labute approximate surface area is 93.4 Å². The predicted octanol–water partition coefficient (Wildman–Crippen LogP) is 1.43. The minimum Gasteiger partial charge on any atom is -0.398 e. The van der Waals surface area contributed by atoms with Crippen LogP contribution < -0.4 is 11.6 Å². The summed E-state index contributed by atoms with van der Waals surface area (Å²) in [6, 6.07) is 9.75. The fourth-order valence-corrected chi connectivity index (χ4v) is 2.12. The highest BCUT2D eigenvalue weighted by atomic mass is 32.3. The lowest BCUT2D eigenvalue weighted by Gasteiger charge is -2.02. The first-order valence-corrected chi connectivity index (χ1v) is 5.87. The molecule has 0 aromatic heterocycles. The predicted molar refractivity (Wildman–Crippen MR) is 60.6 cm³/mol. The van der Waals surface area contributed by atoms with Crippen molar-refractivity contribution >= 4 is 27.0 Å². The summed E-state index contributed by atoms with van der Waals surface area (Å²) in [6.45, 7) is 0. The van der Waals surface area contributed by atoms with Crippen molar-refractivity contribution in [1.82, 2.24) is 0 Å². The maximum absolute atomic E-state index is 11.4. The van der Waals surface area contributed by atoms with Crippen LogP contribution in [0.5, 0.6) is 0 Å². The van der Waals surface area contributed by atoms with Gasteiger partial charge in [-0.3, -0.25) is 0 Å². The van der Waals surface area contributed by atoms with E-state index in [1.54, 1.807) is 24.3 Å².